The zero-order chi connectivity index (χ0) is 19.1. The molecule has 0 amide bonds. The van der Waals surface area contributed by atoms with Gasteiger partial charge in [-0.2, -0.15) is 4.72 Å². The lowest BCUT2D eigenvalue weighted by molar-refractivity contribution is -0.156. The SMILES string of the molecule is CC(NS(=O)(=O)c1ccc2oc3ccccc3c2c1)C(=O)OC(C)(C)C. The maximum absolute atomic E-state index is 12.7. The van der Waals surface area contributed by atoms with Crippen LogP contribution in [0.3, 0.4) is 0 Å². The summed E-state index contributed by atoms with van der Waals surface area (Å²) in [7, 11) is -3.89. The molecule has 1 atom stereocenters. The molecule has 6 nitrogen and oxygen atoms in total. The number of ether oxygens (including phenoxy) is 1. The largest absolute Gasteiger partial charge is 0.459 e. The Bertz CT molecular complexity index is 1080. The number of sulfonamides is 1. The predicted octanol–water partition coefficient (Wildman–Crippen LogP) is 3.59. The van der Waals surface area contributed by atoms with Crippen LogP contribution in [-0.2, 0) is 19.6 Å². The average Bonchev–Trinajstić information content (AvgIpc) is 2.90. The Morgan fingerprint density at radius 2 is 1.73 bits per heavy atom. The van der Waals surface area contributed by atoms with Crippen molar-refractivity contribution in [2.45, 2.75) is 44.2 Å². The smallest absolute Gasteiger partial charge is 0.324 e. The number of hydrogen-bond donors (Lipinski definition) is 1. The first-order valence-corrected chi connectivity index (χ1v) is 9.72. The summed E-state index contributed by atoms with van der Waals surface area (Å²) >= 11 is 0. The summed E-state index contributed by atoms with van der Waals surface area (Å²) in [6.07, 6.45) is 0. The van der Waals surface area contributed by atoms with Crippen molar-refractivity contribution in [2.75, 3.05) is 0 Å². The van der Waals surface area contributed by atoms with Gasteiger partial charge < -0.3 is 9.15 Å². The molecule has 138 valence electrons. The zero-order valence-corrected chi connectivity index (χ0v) is 15.9. The third kappa shape index (κ3) is 3.73. The van der Waals surface area contributed by atoms with Gasteiger partial charge in [0.2, 0.25) is 10.0 Å². The molecule has 0 saturated heterocycles. The maximum Gasteiger partial charge on any atom is 0.324 e. The molecule has 1 aromatic heterocycles. The van der Waals surface area contributed by atoms with Crippen LogP contribution in [0.1, 0.15) is 27.7 Å². The number of furan rings is 1. The van der Waals surface area contributed by atoms with Crippen molar-refractivity contribution in [3.8, 4) is 0 Å². The first-order chi connectivity index (χ1) is 12.1. The molecule has 1 heterocycles. The van der Waals surface area contributed by atoms with Crippen LogP contribution in [0.2, 0.25) is 0 Å². The highest BCUT2D eigenvalue weighted by Crippen LogP contribution is 2.30. The molecule has 3 rings (SSSR count). The number of hydrogen-bond acceptors (Lipinski definition) is 5. The van der Waals surface area contributed by atoms with Gasteiger partial charge in [0, 0.05) is 10.8 Å². The number of benzene rings is 2. The van der Waals surface area contributed by atoms with E-state index in [9.17, 15) is 13.2 Å². The fourth-order valence-corrected chi connectivity index (χ4v) is 3.83. The number of para-hydroxylation sites is 1. The number of carbonyl (C=O) groups excluding carboxylic acids is 1. The molecule has 0 aliphatic carbocycles. The highest BCUT2D eigenvalue weighted by atomic mass is 32.2. The summed E-state index contributed by atoms with van der Waals surface area (Å²) in [6, 6.07) is 11.0. The van der Waals surface area contributed by atoms with Crippen molar-refractivity contribution in [2.24, 2.45) is 0 Å². The van der Waals surface area contributed by atoms with Crippen LogP contribution in [0.4, 0.5) is 0 Å². The van der Waals surface area contributed by atoms with Crippen molar-refractivity contribution in [1.29, 1.82) is 0 Å². The summed E-state index contributed by atoms with van der Waals surface area (Å²) < 4.78 is 38.6. The first-order valence-electron chi connectivity index (χ1n) is 8.23. The van der Waals surface area contributed by atoms with Gasteiger partial charge in [-0.05, 0) is 52.0 Å². The van der Waals surface area contributed by atoms with Crippen LogP contribution < -0.4 is 4.72 Å². The van der Waals surface area contributed by atoms with E-state index in [1.807, 2.05) is 24.3 Å². The van der Waals surface area contributed by atoms with Gasteiger partial charge in [0.25, 0.3) is 0 Å². The van der Waals surface area contributed by atoms with Gasteiger partial charge in [0.15, 0.2) is 0 Å². The molecule has 0 spiro atoms. The third-order valence-corrected chi connectivity index (χ3v) is 5.29. The zero-order valence-electron chi connectivity index (χ0n) is 15.1. The number of nitrogens with one attached hydrogen (secondary N) is 1. The molecule has 2 aromatic carbocycles. The van der Waals surface area contributed by atoms with E-state index < -0.39 is 27.6 Å². The van der Waals surface area contributed by atoms with E-state index in [1.165, 1.54) is 13.0 Å². The van der Waals surface area contributed by atoms with Crippen LogP contribution in [-0.4, -0.2) is 26.0 Å². The quantitative estimate of drug-likeness (QED) is 0.704. The maximum atomic E-state index is 12.7. The fraction of sp³-hybridized carbons (Fsp3) is 0.316. The molecule has 26 heavy (non-hydrogen) atoms. The van der Waals surface area contributed by atoms with Crippen LogP contribution in [0.15, 0.2) is 51.8 Å². The molecule has 0 aliphatic rings. The van der Waals surface area contributed by atoms with Crippen LogP contribution >= 0.6 is 0 Å². The summed E-state index contributed by atoms with van der Waals surface area (Å²) in [5.41, 5.74) is 0.600. The Morgan fingerprint density at radius 1 is 1.08 bits per heavy atom. The van der Waals surface area contributed by atoms with Gasteiger partial charge in [-0.1, -0.05) is 18.2 Å². The van der Waals surface area contributed by atoms with Crippen molar-refractivity contribution in [3.63, 3.8) is 0 Å². The minimum Gasteiger partial charge on any atom is -0.459 e. The lowest BCUT2D eigenvalue weighted by Crippen LogP contribution is -2.42. The van der Waals surface area contributed by atoms with E-state index in [1.54, 1.807) is 32.9 Å². The molecule has 1 unspecified atom stereocenters. The van der Waals surface area contributed by atoms with Crippen LogP contribution in [0.25, 0.3) is 21.9 Å². The normalized spacial score (nSPS) is 13.8. The summed E-state index contributed by atoms with van der Waals surface area (Å²) in [6.45, 7) is 6.63. The van der Waals surface area contributed by atoms with Crippen LogP contribution in [0, 0.1) is 0 Å². The van der Waals surface area contributed by atoms with Gasteiger partial charge in [0.1, 0.15) is 22.8 Å². The van der Waals surface area contributed by atoms with E-state index in [0.717, 1.165) is 5.39 Å². The highest BCUT2D eigenvalue weighted by Gasteiger charge is 2.27. The van der Waals surface area contributed by atoms with Crippen molar-refractivity contribution in [1.82, 2.24) is 4.72 Å². The van der Waals surface area contributed by atoms with Gasteiger partial charge in [0.05, 0.1) is 4.90 Å². The minimum absolute atomic E-state index is 0.0620. The molecule has 7 heteroatoms. The minimum atomic E-state index is -3.89. The topological polar surface area (TPSA) is 85.6 Å². The molecule has 0 saturated carbocycles. The molecule has 0 fully saturated rings. The van der Waals surface area contributed by atoms with E-state index in [2.05, 4.69) is 4.72 Å². The monoisotopic (exact) mass is 375 g/mol. The number of rotatable bonds is 4. The molecule has 3 aromatic rings. The second kappa shape index (κ2) is 6.41. The number of esters is 1. The van der Waals surface area contributed by atoms with E-state index >= 15 is 0 Å². The Balaban J connectivity index is 1.91. The standard InChI is InChI=1S/C19H21NO5S/c1-12(18(21)25-19(2,3)4)20-26(22,23)13-9-10-17-15(11-13)14-7-5-6-8-16(14)24-17/h5-12,20H,1-4H3. The second-order valence-electron chi connectivity index (χ2n) is 7.13. The Kier molecular flexibility index (Phi) is 4.54. The van der Waals surface area contributed by atoms with Crippen molar-refractivity contribution < 1.29 is 22.4 Å². The molecule has 0 bridgehead atoms. The predicted molar refractivity (Wildman–Crippen MR) is 99.3 cm³/mol. The Morgan fingerprint density at radius 3 is 2.42 bits per heavy atom. The van der Waals surface area contributed by atoms with Crippen LogP contribution in [0.5, 0.6) is 0 Å². The average molecular weight is 375 g/mol. The lowest BCUT2D eigenvalue weighted by Gasteiger charge is -2.22. The lowest BCUT2D eigenvalue weighted by atomic mass is 10.1. The first kappa shape index (κ1) is 18.4. The summed E-state index contributed by atoms with van der Waals surface area (Å²) in [5.74, 6) is -0.629. The highest BCUT2D eigenvalue weighted by molar-refractivity contribution is 7.89. The summed E-state index contributed by atoms with van der Waals surface area (Å²) in [5, 5.41) is 1.54. The van der Waals surface area contributed by atoms with E-state index in [-0.39, 0.29) is 4.90 Å². The van der Waals surface area contributed by atoms with Crippen molar-refractivity contribution in [3.05, 3.63) is 42.5 Å². The second-order valence-corrected chi connectivity index (χ2v) is 8.85. The number of carbonyl (C=O) groups is 1. The Labute approximate surface area is 152 Å². The molecule has 0 aliphatic heterocycles. The van der Waals surface area contributed by atoms with E-state index in [0.29, 0.717) is 16.6 Å². The third-order valence-electron chi connectivity index (χ3n) is 3.75. The van der Waals surface area contributed by atoms with Crippen molar-refractivity contribution >= 4 is 37.9 Å². The van der Waals surface area contributed by atoms with Gasteiger partial charge in [-0.15, -0.1) is 0 Å². The Hall–Kier alpha value is -2.38. The molecule has 0 radical (unpaired) electrons. The van der Waals surface area contributed by atoms with Gasteiger partial charge in [-0.3, -0.25) is 4.79 Å². The summed E-state index contributed by atoms with van der Waals surface area (Å²) in [4.78, 5) is 12.1. The van der Waals surface area contributed by atoms with Gasteiger partial charge >= 0.3 is 5.97 Å². The van der Waals surface area contributed by atoms with Gasteiger partial charge in [-0.25, -0.2) is 8.42 Å². The fourth-order valence-electron chi connectivity index (χ4n) is 2.61. The van der Waals surface area contributed by atoms with E-state index in [4.69, 9.17) is 9.15 Å². The molecule has 1 N–H and O–H groups in total. The molecular weight excluding hydrogens is 354 g/mol. The molecular formula is C19H21NO5S. The number of fused-ring (bicyclic) bond motifs is 3.